The van der Waals surface area contributed by atoms with Gasteiger partial charge < -0.3 is 20.7 Å². The van der Waals surface area contributed by atoms with Crippen molar-refractivity contribution in [1.29, 1.82) is 0 Å². The Labute approximate surface area is 184 Å². The first-order chi connectivity index (χ1) is 14.6. The number of fused-ring (bicyclic) bond motifs is 1. The van der Waals surface area contributed by atoms with E-state index in [-0.39, 0.29) is 28.7 Å². The van der Waals surface area contributed by atoms with Crippen molar-refractivity contribution in [3.8, 4) is 0 Å². The maximum atomic E-state index is 13.4. The number of halogens is 2. The lowest BCUT2D eigenvalue weighted by atomic mass is 9.83. The van der Waals surface area contributed by atoms with Crippen molar-refractivity contribution in [2.24, 2.45) is 30.5 Å². The van der Waals surface area contributed by atoms with Crippen LogP contribution in [0.15, 0.2) is 24.5 Å². The summed E-state index contributed by atoms with van der Waals surface area (Å²) in [4.78, 5) is 29.1. The number of benzene rings is 1. The van der Waals surface area contributed by atoms with Gasteiger partial charge >= 0.3 is 0 Å². The fourth-order valence-corrected chi connectivity index (χ4v) is 5.51. The molecule has 0 saturated heterocycles. The summed E-state index contributed by atoms with van der Waals surface area (Å²) in [5, 5.41) is 13.6. The molecule has 3 atom stereocenters. The van der Waals surface area contributed by atoms with Crippen LogP contribution < -0.4 is 11.1 Å². The second kappa shape index (κ2) is 7.91. The zero-order valence-corrected chi connectivity index (χ0v) is 18.2. The summed E-state index contributed by atoms with van der Waals surface area (Å²) in [6.07, 6.45) is 4.25. The predicted octanol–water partition coefficient (Wildman–Crippen LogP) is 3.22. The quantitative estimate of drug-likeness (QED) is 0.652. The smallest absolute Gasteiger partial charge is 0.274 e. The molecule has 7 nitrogen and oxygen atoms in total. The summed E-state index contributed by atoms with van der Waals surface area (Å²) in [5.74, 6) is -1.37. The molecule has 2 fully saturated rings. The van der Waals surface area contributed by atoms with E-state index in [1.807, 2.05) is 0 Å². The molecule has 0 aliphatic heterocycles. The molecule has 4 rings (SSSR count). The number of anilines is 1. The van der Waals surface area contributed by atoms with Gasteiger partial charge in [0.25, 0.3) is 5.91 Å². The first kappa shape index (κ1) is 21.8. The van der Waals surface area contributed by atoms with Crippen LogP contribution in [0.4, 0.5) is 10.1 Å². The van der Waals surface area contributed by atoms with Gasteiger partial charge in [-0.25, -0.2) is 9.37 Å². The van der Waals surface area contributed by atoms with Crippen molar-refractivity contribution >= 4 is 29.1 Å². The number of carbonyl (C=O) groups is 2. The number of nitrogens with two attached hydrogens (primary N) is 1. The van der Waals surface area contributed by atoms with E-state index in [0.29, 0.717) is 29.9 Å². The van der Waals surface area contributed by atoms with Crippen LogP contribution in [-0.2, 0) is 11.8 Å². The van der Waals surface area contributed by atoms with Crippen molar-refractivity contribution in [1.82, 2.24) is 9.55 Å². The molecule has 3 unspecified atom stereocenters. The van der Waals surface area contributed by atoms with E-state index in [4.69, 9.17) is 17.3 Å². The van der Waals surface area contributed by atoms with Gasteiger partial charge in [0.15, 0.2) is 0 Å². The van der Waals surface area contributed by atoms with Crippen molar-refractivity contribution < 1.29 is 19.1 Å². The molecule has 1 heterocycles. The van der Waals surface area contributed by atoms with Gasteiger partial charge in [0.05, 0.1) is 28.6 Å². The maximum absolute atomic E-state index is 13.4. The summed E-state index contributed by atoms with van der Waals surface area (Å²) in [5.41, 5.74) is 5.93. The minimum atomic E-state index is -1.06. The molecule has 2 aromatic rings. The number of imidazole rings is 1. The number of amides is 2. The Kier molecular flexibility index (Phi) is 5.55. The van der Waals surface area contributed by atoms with Crippen LogP contribution in [0.1, 0.15) is 54.7 Å². The number of hydrogen-bond acceptors (Lipinski definition) is 4. The zero-order chi connectivity index (χ0) is 22.5. The van der Waals surface area contributed by atoms with E-state index in [9.17, 15) is 19.1 Å². The largest absolute Gasteiger partial charge is 0.389 e. The summed E-state index contributed by atoms with van der Waals surface area (Å²) < 4.78 is 15.1. The van der Waals surface area contributed by atoms with Crippen LogP contribution in [-0.4, -0.2) is 32.1 Å². The lowest BCUT2D eigenvalue weighted by molar-refractivity contribution is -0.130. The second-order valence-electron chi connectivity index (χ2n) is 9.00. The van der Waals surface area contributed by atoms with Gasteiger partial charge in [0, 0.05) is 18.7 Å². The van der Waals surface area contributed by atoms with Gasteiger partial charge in [-0.05, 0) is 55.7 Å². The van der Waals surface area contributed by atoms with Gasteiger partial charge in [-0.15, -0.1) is 0 Å². The van der Waals surface area contributed by atoms with E-state index in [1.165, 1.54) is 18.2 Å². The van der Waals surface area contributed by atoms with Crippen molar-refractivity contribution in [3.63, 3.8) is 0 Å². The van der Waals surface area contributed by atoms with Crippen LogP contribution in [0, 0.1) is 23.6 Å². The highest BCUT2D eigenvalue weighted by molar-refractivity contribution is 6.31. The minimum absolute atomic E-state index is 0.0654. The summed E-state index contributed by atoms with van der Waals surface area (Å²) in [7, 11) is 1.76. The third-order valence-corrected chi connectivity index (χ3v) is 7.34. The molecule has 2 amide bonds. The number of nitrogens with zero attached hydrogens (tertiary/aromatic N) is 2. The van der Waals surface area contributed by atoms with E-state index in [2.05, 4.69) is 10.3 Å². The third kappa shape index (κ3) is 3.94. The number of rotatable bonds is 5. The monoisotopic (exact) mass is 448 g/mol. The van der Waals surface area contributed by atoms with E-state index < -0.39 is 23.2 Å². The first-order valence-electron chi connectivity index (χ1n) is 10.4. The molecule has 9 heteroatoms. The lowest BCUT2D eigenvalue weighted by Gasteiger charge is -2.29. The molecular formula is C22H26ClFN4O3. The van der Waals surface area contributed by atoms with Gasteiger partial charge in [0.1, 0.15) is 11.5 Å². The van der Waals surface area contributed by atoms with Crippen molar-refractivity contribution in [2.45, 2.75) is 44.1 Å². The van der Waals surface area contributed by atoms with Crippen LogP contribution >= 0.6 is 11.6 Å². The summed E-state index contributed by atoms with van der Waals surface area (Å²) >= 11 is 5.81. The Morgan fingerprint density at radius 1 is 1.35 bits per heavy atom. The average Bonchev–Trinajstić information content (AvgIpc) is 3.35. The molecule has 166 valence electrons. The molecule has 2 saturated carbocycles. The van der Waals surface area contributed by atoms with Crippen LogP contribution in [0.3, 0.4) is 0 Å². The lowest BCUT2D eigenvalue weighted by Crippen LogP contribution is -2.42. The highest BCUT2D eigenvalue weighted by Gasteiger charge is 2.53. The Morgan fingerprint density at radius 2 is 2.00 bits per heavy atom. The number of aryl methyl sites for hydroxylation is 1. The number of nitrogens with one attached hydrogen (secondary N) is 1. The molecule has 1 aromatic heterocycles. The molecule has 0 bridgehead atoms. The number of aromatic nitrogens is 2. The minimum Gasteiger partial charge on any atom is -0.389 e. The van der Waals surface area contributed by atoms with Gasteiger partial charge in [-0.3, -0.25) is 9.59 Å². The van der Waals surface area contributed by atoms with Crippen LogP contribution in [0.25, 0.3) is 0 Å². The zero-order valence-electron chi connectivity index (χ0n) is 17.4. The standard InChI is InChI=1S/C22H26ClFN4O3/c1-11(20(25)29)22(31)8-13-5-12(6-14(13)9-22)18-19(28(2)10-26-18)21(30)27-15-3-4-17(24)16(23)7-15/h3-4,7,10-14,31H,5-6,8-9H2,1-2H3,(H2,25,29)(H,27,30). The SMILES string of the molecule is CC(C(N)=O)C1(O)CC2CC(c3ncn(C)c3C(=O)Nc3ccc(F)c(Cl)c3)CC2C1. The van der Waals surface area contributed by atoms with E-state index >= 15 is 0 Å². The Morgan fingerprint density at radius 3 is 2.58 bits per heavy atom. The molecular weight excluding hydrogens is 423 g/mol. The predicted molar refractivity (Wildman–Crippen MR) is 114 cm³/mol. The highest BCUT2D eigenvalue weighted by Crippen LogP contribution is 2.55. The summed E-state index contributed by atoms with van der Waals surface area (Å²) in [6.45, 7) is 1.68. The normalized spacial score (nSPS) is 28.4. The van der Waals surface area contributed by atoms with Gasteiger partial charge in [-0.1, -0.05) is 18.5 Å². The van der Waals surface area contributed by atoms with E-state index in [1.54, 1.807) is 24.9 Å². The molecule has 2 aliphatic rings. The van der Waals surface area contributed by atoms with E-state index in [0.717, 1.165) is 12.8 Å². The fourth-order valence-electron chi connectivity index (χ4n) is 5.33. The molecule has 4 N–H and O–H groups in total. The highest BCUT2D eigenvalue weighted by atomic mass is 35.5. The number of hydrogen-bond donors (Lipinski definition) is 3. The Hall–Kier alpha value is -2.45. The van der Waals surface area contributed by atoms with Gasteiger partial charge in [0.2, 0.25) is 5.91 Å². The molecule has 31 heavy (non-hydrogen) atoms. The van der Waals surface area contributed by atoms with Crippen LogP contribution in [0.5, 0.6) is 0 Å². The average molecular weight is 449 g/mol. The second-order valence-corrected chi connectivity index (χ2v) is 9.40. The number of carbonyl (C=O) groups excluding carboxylic acids is 2. The topological polar surface area (TPSA) is 110 Å². The Bertz CT molecular complexity index is 1030. The van der Waals surface area contributed by atoms with Gasteiger partial charge in [-0.2, -0.15) is 0 Å². The van der Waals surface area contributed by atoms with Crippen LogP contribution in [0.2, 0.25) is 5.02 Å². The van der Waals surface area contributed by atoms with Crippen molar-refractivity contribution in [2.75, 3.05) is 5.32 Å². The molecule has 2 aliphatic carbocycles. The molecule has 1 aromatic carbocycles. The fraction of sp³-hybridized carbons (Fsp3) is 0.500. The summed E-state index contributed by atoms with van der Waals surface area (Å²) in [6, 6.07) is 4.02. The van der Waals surface area contributed by atoms with Crippen molar-refractivity contribution in [3.05, 3.63) is 46.8 Å². The molecule has 0 spiro atoms. The maximum Gasteiger partial charge on any atom is 0.274 e. The molecule has 0 radical (unpaired) electrons. The Balaban J connectivity index is 1.50. The third-order valence-electron chi connectivity index (χ3n) is 7.05. The first-order valence-corrected chi connectivity index (χ1v) is 10.8. The number of aliphatic hydroxyl groups is 1. The number of primary amides is 1.